The number of aromatic nitrogens is 1. The van der Waals surface area contributed by atoms with Gasteiger partial charge in [0.2, 0.25) is 5.91 Å². The van der Waals surface area contributed by atoms with Crippen LogP contribution in [-0.2, 0) is 22.6 Å². The van der Waals surface area contributed by atoms with Crippen LogP contribution in [0.5, 0.6) is 5.75 Å². The first kappa shape index (κ1) is 26.3. The number of pyridine rings is 1. The number of urea groups is 1. The highest BCUT2D eigenvalue weighted by atomic mass is 35.5. The van der Waals surface area contributed by atoms with Crippen LogP contribution in [0.4, 0.5) is 10.5 Å². The van der Waals surface area contributed by atoms with Crippen LogP contribution in [0.2, 0.25) is 5.02 Å². The quantitative estimate of drug-likeness (QED) is 0.464. The van der Waals surface area contributed by atoms with Crippen molar-refractivity contribution in [2.24, 2.45) is 11.3 Å². The average molecular weight is 561 g/mol. The van der Waals surface area contributed by atoms with Crippen LogP contribution >= 0.6 is 11.6 Å². The Morgan fingerprint density at radius 3 is 2.50 bits per heavy atom. The normalized spacial score (nSPS) is 24.4. The molecule has 4 amide bonds. The van der Waals surface area contributed by atoms with E-state index in [1.54, 1.807) is 49.6 Å². The number of carbonyl (C=O) groups is 3. The molecule has 4 heterocycles. The second kappa shape index (κ2) is 10.2. The van der Waals surface area contributed by atoms with Crippen LogP contribution in [-0.4, -0.2) is 54.1 Å². The molecule has 3 aliphatic rings. The molecule has 3 aliphatic heterocycles. The summed E-state index contributed by atoms with van der Waals surface area (Å²) in [6.07, 6.45) is 1.03. The molecule has 3 atom stereocenters. The number of nitrogens with one attached hydrogen (secondary N) is 1. The van der Waals surface area contributed by atoms with E-state index >= 15 is 0 Å². The zero-order chi connectivity index (χ0) is 28.0. The number of barbiturate groups is 1. The molecule has 9 nitrogen and oxygen atoms in total. The molecule has 6 rings (SSSR count). The second-order valence-electron chi connectivity index (χ2n) is 10.9. The lowest BCUT2D eigenvalue weighted by molar-refractivity contribution is -0.144. The van der Waals surface area contributed by atoms with Crippen molar-refractivity contribution in [1.29, 1.82) is 0 Å². The number of hydrogen-bond acceptors (Lipinski definition) is 6. The molecule has 206 valence electrons. The lowest BCUT2D eigenvalue weighted by atomic mass is 9.75. The van der Waals surface area contributed by atoms with Gasteiger partial charge in [0.05, 0.1) is 12.8 Å². The van der Waals surface area contributed by atoms with E-state index < -0.39 is 23.3 Å². The SMILES string of the molecule is COc1ccc(CC2(CN3CC4CC(C3)c3cccc(=O)n3C4)C(=O)NC(=O)N(c3cccc(Cl)c3)C2=O)cc1. The first-order valence-corrected chi connectivity index (χ1v) is 13.7. The van der Waals surface area contributed by atoms with E-state index in [1.165, 1.54) is 6.07 Å². The van der Waals surface area contributed by atoms with Crippen molar-refractivity contribution in [2.45, 2.75) is 25.3 Å². The summed E-state index contributed by atoms with van der Waals surface area (Å²) in [6, 6.07) is 18.2. The summed E-state index contributed by atoms with van der Waals surface area (Å²) in [4.78, 5) is 56.9. The molecule has 0 aliphatic carbocycles. The van der Waals surface area contributed by atoms with Gasteiger partial charge in [-0.3, -0.25) is 19.7 Å². The van der Waals surface area contributed by atoms with Crippen LogP contribution in [0.25, 0.3) is 0 Å². The third-order valence-corrected chi connectivity index (χ3v) is 8.49. The van der Waals surface area contributed by atoms with Gasteiger partial charge in [-0.05, 0) is 60.7 Å². The van der Waals surface area contributed by atoms with Gasteiger partial charge in [-0.1, -0.05) is 35.9 Å². The van der Waals surface area contributed by atoms with Crippen molar-refractivity contribution in [3.05, 3.63) is 93.4 Å². The monoisotopic (exact) mass is 560 g/mol. The van der Waals surface area contributed by atoms with Crippen LogP contribution in [0.15, 0.2) is 71.5 Å². The number of benzene rings is 2. The first-order chi connectivity index (χ1) is 19.3. The van der Waals surface area contributed by atoms with Gasteiger partial charge in [-0.15, -0.1) is 0 Å². The Balaban J connectivity index is 1.38. The molecule has 3 aromatic rings. The summed E-state index contributed by atoms with van der Waals surface area (Å²) < 4.78 is 7.13. The zero-order valence-electron chi connectivity index (χ0n) is 22.0. The van der Waals surface area contributed by atoms with Crippen molar-refractivity contribution in [1.82, 2.24) is 14.8 Å². The molecule has 2 saturated heterocycles. The molecular formula is C30H29ClN4O5. The predicted octanol–water partition coefficient (Wildman–Crippen LogP) is 3.44. The minimum absolute atomic E-state index is 0.00543. The Bertz CT molecular complexity index is 1550. The van der Waals surface area contributed by atoms with E-state index in [0.717, 1.165) is 22.6 Å². The number of methoxy groups -OCH3 is 1. The maximum Gasteiger partial charge on any atom is 0.335 e. The van der Waals surface area contributed by atoms with Crippen molar-refractivity contribution in [2.75, 3.05) is 31.6 Å². The summed E-state index contributed by atoms with van der Waals surface area (Å²) in [5.74, 6) is -0.245. The Morgan fingerprint density at radius 1 is 0.975 bits per heavy atom. The van der Waals surface area contributed by atoms with Crippen LogP contribution in [0.3, 0.4) is 0 Å². The molecule has 2 fully saturated rings. The first-order valence-electron chi connectivity index (χ1n) is 13.3. The Labute approximate surface area is 236 Å². The molecule has 1 N–H and O–H groups in total. The molecule has 2 aromatic carbocycles. The molecule has 3 unspecified atom stereocenters. The molecule has 0 radical (unpaired) electrons. The van der Waals surface area contributed by atoms with Gasteiger partial charge in [0.1, 0.15) is 11.2 Å². The summed E-state index contributed by atoms with van der Waals surface area (Å²) in [7, 11) is 1.57. The molecule has 2 bridgehead atoms. The zero-order valence-corrected chi connectivity index (χ0v) is 22.8. The number of likely N-dealkylation sites (tertiary alicyclic amines) is 1. The highest BCUT2D eigenvalue weighted by molar-refractivity contribution is 6.32. The van der Waals surface area contributed by atoms with Gasteiger partial charge in [0.25, 0.3) is 11.5 Å². The smallest absolute Gasteiger partial charge is 0.335 e. The van der Waals surface area contributed by atoms with Crippen LogP contribution in [0, 0.1) is 11.3 Å². The number of halogens is 1. The predicted molar refractivity (Wildman–Crippen MR) is 150 cm³/mol. The summed E-state index contributed by atoms with van der Waals surface area (Å²) >= 11 is 6.20. The fourth-order valence-electron chi connectivity index (χ4n) is 6.48. The highest BCUT2D eigenvalue weighted by Crippen LogP contribution is 2.39. The third-order valence-electron chi connectivity index (χ3n) is 8.25. The number of anilines is 1. The number of fused-ring (bicyclic) bond motifs is 4. The third kappa shape index (κ3) is 4.59. The minimum Gasteiger partial charge on any atom is -0.497 e. The molecule has 0 spiro atoms. The number of rotatable bonds is 6. The van der Waals surface area contributed by atoms with E-state index in [4.69, 9.17) is 16.3 Å². The minimum atomic E-state index is -1.58. The van der Waals surface area contributed by atoms with Crippen molar-refractivity contribution in [3.63, 3.8) is 0 Å². The van der Waals surface area contributed by atoms with E-state index in [2.05, 4.69) is 10.2 Å². The summed E-state index contributed by atoms with van der Waals surface area (Å²) in [5.41, 5.74) is 0.457. The van der Waals surface area contributed by atoms with Crippen molar-refractivity contribution in [3.8, 4) is 5.75 Å². The van der Waals surface area contributed by atoms with E-state index in [0.29, 0.717) is 36.1 Å². The topological polar surface area (TPSA) is 101 Å². The van der Waals surface area contributed by atoms with E-state index in [9.17, 15) is 19.2 Å². The van der Waals surface area contributed by atoms with Crippen LogP contribution in [0.1, 0.15) is 23.6 Å². The maximum absolute atomic E-state index is 14.4. The fourth-order valence-corrected chi connectivity index (χ4v) is 6.66. The largest absolute Gasteiger partial charge is 0.497 e. The Morgan fingerprint density at radius 2 is 1.75 bits per heavy atom. The summed E-state index contributed by atoms with van der Waals surface area (Å²) in [5, 5.41) is 2.83. The number of carbonyl (C=O) groups excluding carboxylic acids is 3. The molecule has 0 saturated carbocycles. The van der Waals surface area contributed by atoms with Gasteiger partial charge >= 0.3 is 6.03 Å². The molecule has 1 aromatic heterocycles. The number of nitrogens with zero attached hydrogens (tertiary/aromatic N) is 3. The molecule has 10 heteroatoms. The Hall–Kier alpha value is -3.95. The van der Waals surface area contributed by atoms with Crippen LogP contribution < -0.4 is 20.5 Å². The standard InChI is InChI=1S/C30H29ClN4O5/c1-40-24-10-8-19(9-11-24)14-30(27(37)32-29(39)35(28(30)38)23-5-2-4-22(31)13-23)18-33-15-20-12-21(17-33)25-6-3-7-26(36)34(25)16-20/h2-11,13,20-21H,12,14-18H2,1H3,(H,32,37,39). The van der Waals surface area contributed by atoms with Crippen molar-refractivity contribution >= 4 is 35.1 Å². The number of hydrogen-bond donors (Lipinski definition) is 1. The lowest BCUT2D eigenvalue weighted by Crippen LogP contribution is -2.68. The number of piperidine rings is 1. The fraction of sp³-hybridized carbons (Fsp3) is 0.333. The van der Waals surface area contributed by atoms with E-state index in [-0.39, 0.29) is 30.4 Å². The highest BCUT2D eigenvalue weighted by Gasteiger charge is 2.55. The van der Waals surface area contributed by atoms with Crippen molar-refractivity contribution < 1.29 is 19.1 Å². The molecule has 40 heavy (non-hydrogen) atoms. The average Bonchev–Trinajstić information content (AvgIpc) is 2.93. The van der Waals surface area contributed by atoms with Gasteiger partial charge in [0.15, 0.2) is 0 Å². The molecular weight excluding hydrogens is 532 g/mol. The van der Waals surface area contributed by atoms with Gasteiger partial charge in [0, 0.05) is 48.9 Å². The van der Waals surface area contributed by atoms with Gasteiger partial charge < -0.3 is 14.2 Å². The maximum atomic E-state index is 14.4. The lowest BCUT2D eigenvalue weighted by Gasteiger charge is -2.47. The van der Waals surface area contributed by atoms with Gasteiger partial charge in [-0.2, -0.15) is 0 Å². The van der Waals surface area contributed by atoms with Gasteiger partial charge in [-0.25, -0.2) is 9.69 Å². The number of amides is 4. The summed E-state index contributed by atoms with van der Waals surface area (Å²) in [6.45, 7) is 1.95. The number of ether oxygens (including phenoxy) is 1. The second-order valence-corrected chi connectivity index (χ2v) is 11.3. The number of imide groups is 2. The Kier molecular flexibility index (Phi) is 6.72. The van der Waals surface area contributed by atoms with E-state index in [1.807, 2.05) is 22.8 Å².